The molecule has 0 saturated heterocycles. The lowest BCUT2D eigenvalue weighted by atomic mass is 10.1. The van der Waals surface area contributed by atoms with Gasteiger partial charge in [-0.2, -0.15) is 0 Å². The van der Waals surface area contributed by atoms with Crippen molar-refractivity contribution in [3.05, 3.63) is 86.8 Å². The number of hydrogen-bond donors (Lipinski definition) is 1. The SMILES string of the molecule is COc1ccc(CN(C(=O)c2cc(=O)[nH]c(SC)n2)C(=O)c2ccccc2Cl)cc1. The van der Waals surface area contributed by atoms with Crippen molar-refractivity contribution >= 4 is 35.2 Å². The Morgan fingerprint density at radius 3 is 2.47 bits per heavy atom. The number of hydrogen-bond acceptors (Lipinski definition) is 6. The Morgan fingerprint density at radius 2 is 1.83 bits per heavy atom. The van der Waals surface area contributed by atoms with Crippen LogP contribution in [0.3, 0.4) is 0 Å². The molecule has 2 aromatic carbocycles. The zero-order valence-electron chi connectivity index (χ0n) is 16.2. The third-order valence-corrected chi connectivity index (χ3v) is 5.14. The molecule has 0 bridgehead atoms. The fraction of sp³-hybridized carbons (Fsp3) is 0.143. The van der Waals surface area contributed by atoms with Crippen LogP contribution < -0.4 is 10.3 Å². The maximum Gasteiger partial charge on any atom is 0.279 e. The number of amides is 2. The summed E-state index contributed by atoms with van der Waals surface area (Å²) < 4.78 is 5.15. The molecule has 7 nitrogen and oxygen atoms in total. The second-order valence-electron chi connectivity index (χ2n) is 6.16. The minimum absolute atomic E-state index is 0.0318. The van der Waals surface area contributed by atoms with E-state index < -0.39 is 17.4 Å². The van der Waals surface area contributed by atoms with Crippen LogP contribution >= 0.6 is 23.4 Å². The molecule has 1 heterocycles. The Hall–Kier alpha value is -3.10. The fourth-order valence-corrected chi connectivity index (χ4v) is 3.32. The molecular formula is C21H18ClN3O4S. The zero-order chi connectivity index (χ0) is 21.7. The topological polar surface area (TPSA) is 92.4 Å². The number of aromatic amines is 1. The summed E-state index contributed by atoms with van der Waals surface area (Å²) in [6, 6.07) is 14.5. The minimum Gasteiger partial charge on any atom is -0.497 e. The molecule has 0 spiro atoms. The first kappa shape index (κ1) is 21.6. The van der Waals surface area contributed by atoms with Gasteiger partial charge in [-0.25, -0.2) is 4.98 Å². The van der Waals surface area contributed by atoms with Crippen LogP contribution in [-0.2, 0) is 6.54 Å². The first-order valence-corrected chi connectivity index (χ1v) is 10.4. The highest BCUT2D eigenvalue weighted by atomic mass is 35.5. The first-order valence-electron chi connectivity index (χ1n) is 8.82. The Kier molecular flexibility index (Phi) is 6.91. The Bertz CT molecular complexity index is 1130. The van der Waals surface area contributed by atoms with Gasteiger partial charge in [0.15, 0.2) is 5.16 Å². The number of halogens is 1. The van der Waals surface area contributed by atoms with Crippen molar-refractivity contribution in [3.63, 3.8) is 0 Å². The summed E-state index contributed by atoms with van der Waals surface area (Å²) in [5.74, 6) is -0.638. The third kappa shape index (κ3) is 4.90. The predicted octanol–water partition coefficient (Wildman–Crippen LogP) is 3.64. The van der Waals surface area contributed by atoms with Gasteiger partial charge in [-0.1, -0.05) is 47.6 Å². The van der Waals surface area contributed by atoms with Crippen molar-refractivity contribution in [2.24, 2.45) is 0 Å². The molecule has 0 aliphatic heterocycles. The summed E-state index contributed by atoms with van der Waals surface area (Å²) in [5.41, 5.74) is 0.264. The lowest BCUT2D eigenvalue weighted by Crippen LogP contribution is -2.37. The highest BCUT2D eigenvalue weighted by molar-refractivity contribution is 7.98. The van der Waals surface area contributed by atoms with Gasteiger partial charge >= 0.3 is 0 Å². The van der Waals surface area contributed by atoms with Gasteiger partial charge in [0.05, 0.1) is 24.2 Å². The van der Waals surface area contributed by atoms with Crippen LogP contribution in [0.1, 0.15) is 26.4 Å². The number of carbonyl (C=O) groups is 2. The Balaban J connectivity index is 2.03. The molecule has 154 valence electrons. The van der Waals surface area contributed by atoms with E-state index in [1.54, 1.807) is 55.8 Å². The van der Waals surface area contributed by atoms with Crippen LogP contribution in [0.25, 0.3) is 0 Å². The van der Waals surface area contributed by atoms with Crippen molar-refractivity contribution in [2.45, 2.75) is 11.7 Å². The van der Waals surface area contributed by atoms with Gasteiger partial charge in [-0.05, 0) is 36.1 Å². The first-order chi connectivity index (χ1) is 14.4. The molecule has 0 aliphatic rings. The quantitative estimate of drug-likeness (QED) is 0.355. The van der Waals surface area contributed by atoms with E-state index in [1.807, 2.05) is 0 Å². The minimum atomic E-state index is -0.697. The van der Waals surface area contributed by atoms with Gasteiger partial charge in [0, 0.05) is 6.07 Å². The van der Waals surface area contributed by atoms with Gasteiger partial charge in [-0.15, -0.1) is 0 Å². The van der Waals surface area contributed by atoms with Gasteiger partial charge in [0.2, 0.25) is 0 Å². The van der Waals surface area contributed by atoms with Crippen molar-refractivity contribution in [1.29, 1.82) is 0 Å². The lowest BCUT2D eigenvalue weighted by molar-refractivity contribution is 0.0599. The number of H-pyrrole nitrogens is 1. The second kappa shape index (κ2) is 9.60. The van der Waals surface area contributed by atoms with Crippen LogP contribution in [0.4, 0.5) is 0 Å². The summed E-state index contributed by atoms with van der Waals surface area (Å²) >= 11 is 7.36. The van der Waals surface area contributed by atoms with Crippen molar-refractivity contribution in [2.75, 3.05) is 13.4 Å². The maximum absolute atomic E-state index is 13.2. The largest absolute Gasteiger partial charge is 0.497 e. The molecule has 1 N–H and O–H groups in total. The zero-order valence-corrected chi connectivity index (χ0v) is 17.8. The van der Waals surface area contributed by atoms with E-state index in [1.165, 1.54) is 17.8 Å². The Morgan fingerprint density at radius 1 is 1.13 bits per heavy atom. The molecule has 1 aromatic heterocycles. The average molecular weight is 444 g/mol. The number of carbonyl (C=O) groups excluding carboxylic acids is 2. The van der Waals surface area contributed by atoms with Crippen LogP contribution in [0, 0.1) is 0 Å². The molecule has 0 aliphatic carbocycles. The van der Waals surface area contributed by atoms with Crippen molar-refractivity contribution in [1.82, 2.24) is 14.9 Å². The van der Waals surface area contributed by atoms with E-state index in [4.69, 9.17) is 16.3 Å². The van der Waals surface area contributed by atoms with E-state index in [0.29, 0.717) is 11.3 Å². The standard InChI is InChI=1S/C21H18ClN3O4S/c1-29-14-9-7-13(8-10-14)12-25(19(27)15-5-3-4-6-16(15)22)20(28)17-11-18(26)24-21(23-17)30-2/h3-11H,12H2,1-2H3,(H,23,24,26). The average Bonchev–Trinajstić information content (AvgIpc) is 2.76. The normalized spacial score (nSPS) is 10.5. The van der Waals surface area contributed by atoms with Crippen molar-refractivity contribution in [3.8, 4) is 5.75 Å². The Labute approximate surface area is 182 Å². The highest BCUT2D eigenvalue weighted by Crippen LogP contribution is 2.21. The number of methoxy groups -OCH3 is 1. The van der Waals surface area contributed by atoms with Gasteiger partial charge < -0.3 is 9.72 Å². The number of aromatic nitrogens is 2. The summed E-state index contributed by atoms with van der Waals surface area (Å²) in [4.78, 5) is 46.1. The second-order valence-corrected chi connectivity index (χ2v) is 7.37. The molecule has 3 aromatic rings. The van der Waals surface area contributed by atoms with E-state index >= 15 is 0 Å². The number of benzene rings is 2. The number of rotatable bonds is 6. The summed E-state index contributed by atoms with van der Waals surface area (Å²) in [6.45, 7) is -0.0318. The van der Waals surface area contributed by atoms with Gasteiger partial charge in [0.25, 0.3) is 17.4 Å². The molecule has 0 saturated carbocycles. The van der Waals surface area contributed by atoms with E-state index in [0.717, 1.165) is 11.0 Å². The number of thioether (sulfide) groups is 1. The maximum atomic E-state index is 13.2. The van der Waals surface area contributed by atoms with Crippen LogP contribution in [0.5, 0.6) is 5.75 Å². The van der Waals surface area contributed by atoms with Gasteiger partial charge in [-0.3, -0.25) is 19.3 Å². The highest BCUT2D eigenvalue weighted by Gasteiger charge is 2.27. The monoisotopic (exact) mass is 443 g/mol. The van der Waals surface area contributed by atoms with E-state index in [9.17, 15) is 14.4 Å². The molecule has 3 rings (SSSR count). The number of nitrogens with one attached hydrogen (secondary N) is 1. The van der Waals surface area contributed by atoms with E-state index in [2.05, 4.69) is 9.97 Å². The van der Waals surface area contributed by atoms with E-state index in [-0.39, 0.29) is 28.0 Å². The van der Waals surface area contributed by atoms with Crippen LogP contribution in [-0.4, -0.2) is 40.0 Å². The number of ether oxygens (including phenoxy) is 1. The fourth-order valence-electron chi connectivity index (χ4n) is 2.71. The predicted molar refractivity (Wildman–Crippen MR) is 115 cm³/mol. The molecule has 0 radical (unpaired) electrons. The third-order valence-electron chi connectivity index (χ3n) is 4.23. The van der Waals surface area contributed by atoms with Crippen LogP contribution in [0.2, 0.25) is 5.02 Å². The summed E-state index contributed by atoms with van der Waals surface area (Å²) in [7, 11) is 1.55. The summed E-state index contributed by atoms with van der Waals surface area (Å²) in [5, 5.41) is 0.499. The smallest absolute Gasteiger partial charge is 0.279 e. The van der Waals surface area contributed by atoms with Crippen LogP contribution in [0.15, 0.2) is 64.5 Å². The molecule has 30 heavy (non-hydrogen) atoms. The molecule has 0 unspecified atom stereocenters. The molecular weight excluding hydrogens is 426 g/mol. The lowest BCUT2D eigenvalue weighted by Gasteiger charge is -2.21. The molecule has 0 atom stereocenters. The molecule has 2 amide bonds. The summed E-state index contributed by atoms with van der Waals surface area (Å²) in [6.07, 6.45) is 1.72. The van der Waals surface area contributed by atoms with Crippen molar-refractivity contribution < 1.29 is 14.3 Å². The molecule has 0 fully saturated rings. The number of imide groups is 1. The van der Waals surface area contributed by atoms with Gasteiger partial charge in [0.1, 0.15) is 11.4 Å². The molecule has 9 heteroatoms. The number of nitrogens with zero attached hydrogens (tertiary/aromatic N) is 2.